The van der Waals surface area contributed by atoms with E-state index in [2.05, 4.69) is 10.6 Å². The van der Waals surface area contributed by atoms with Crippen LogP contribution in [0.2, 0.25) is 0 Å². The van der Waals surface area contributed by atoms with Crippen LogP contribution in [0.5, 0.6) is 5.75 Å². The molecule has 138 valence electrons. The van der Waals surface area contributed by atoms with Crippen molar-refractivity contribution in [3.05, 3.63) is 29.8 Å². The topological polar surface area (TPSA) is 70.6 Å². The number of urea groups is 1. The van der Waals surface area contributed by atoms with Crippen LogP contribution in [0.1, 0.15) is 56.9 Å². The molecule has 1 aromatic carbocycles. The summed E-state index contributed by atoms with van der Waals surface area (Å²) in [5, 5.41) is 15.8. The lowest BCUT2D eigenvalue weighted by Gasteiger charge is -2.34. The van der Waals surface area contributed by atoms with E-state index in [1.54, 1.807) is 0 Å². The predicted molar refractivity (Wildman–Crippen MR) is 97.8 cm³/mol. The summed E-state index contributed by atoms with van der Waals surface area (Å²) < 4.78 is 6.23. The van der Waals surface area contributed by atoms with E-state index in [1.807, 2.05) is 31.2 Å². The zero-order chi connectivity index (χ0) is 17.6. The van der Waals surface area contributed by atoms with Crippen molar-refractivity contribution in [3.63, 3.8) is 0 Å². The maximum absolute atomic E-state index is 12.4. The Balaban J connectivity index is 1.54. The minimum atomic E-state index is -0.202. The van der Waals surface area contributed by atoms with Crippen molar-refractivity contribution in [2.24, 2.45) is 0 Å². The van der Waals surface area contributed by atoms with Gasteiger partial charge in [-0.15, -0.1) is 0 Å². The second kappa shape index (κ2) is 8.56. The largest absolute Gasteiger partial charge is 0.488 e. The molecule has 0 bridgehead atoms. The lowest BCUT2D eigenvalue weighted by Crippen LogP contribution is -2.53. The molecule has 2 aliphatic rings. The molecule has 2 atom stereocenters. The highest BCUT2D eigenvalue weighted by Gasteiger charge is 2.29. The first-order valence-electron chi connectivity index (χ1n) is 9.59. The number of carbonyl (C=O) groups is 1. The zero-order valence-corrected chi connectivity index (χ0v) is 15.0. The molecule has 2 amide bonds. The molecular formula is C20H30N2O3. The van der Waals surface area contributed by atoms with Crippen LogP contribution in [-0.4, -0.2) is 35.4 Å². The Hall–Kier alpha value is -1.75. The Labute approximate surface area is 150 Å². The van der Waals surface area contributed by atoms with Crippen LogP contribution < -0.4 is 15.4 Å². The number of hydrogen-bond donors (Lipinski definition) is 3. The lowest BCUT2D eigenvalue weighted by molar-refractivity contribution is 0.109. The molecule has 0 aromatic heterocycles. The Morgan fingerprint density at radius 3 is 2.52 bits per heavy atom. The van der Waals surface area contributed by atoms with Crippen molar-refractivity contribution in [1.29, 1.82) is 0 Å². The summed E-state index contributed by atoms with van der Waals surface area (Å²) >= 11 is 0. The second-order valence-corrected chi connectivity index (χ2v) is 7.44. The van der Waals surface area contributed by atoms with E-state index in [1.165, 1.54) is 0 Å². The smallest absolute Gasteiger partial charge is 0.315 e. The highest BCUT2D eigenvalue weighted by Crippen LogP contribution is 2.26. The van der Waals surface area contributed by atoms with Gasteiger partial charge in [0.25, 0.3) is 0 Å². The quantitative estimate of drug-likeness (QED) is 0.783. The van der Waals surface area contributed by atoms with Crippen LogP contribution in [0, 0.1) is 6.92 Å². The number of hydrogen-bond acceptors (Lipinski definition) is 3. The normalized spacial score (nSPS) is 29.7. The van der Waals surface area contributed by atoms with Crippen LogP contribution in [0.15, 0.2) is 24.3 Å². The van der Waals surface area contributed by atoms with Gasteiger partial charge in [-0.2, -0.15) is 0 Å². The Bertz CT molecular complexity index is 570. The standard InChI is InChI=1S/C20H30N2O3/c1-14-6-2-4-8-18(14)25-19-9-5-3-7-17(19)22-20(24)21-15-10-12-16(23)13-11-15/h2,4,6,8,15-17,19,23H,3,5,7,9-13H2,1H3,(H2,21,22,24). The first-order chi connectivity index (χ1) is 12.1. The SMILES string of the molecule is Cc1ccccc1OC1CCCCC1NC(=O)NC1CCC(O)CC1. The van der Waals surface area contributed by atoms with E-state index >= 15 is 0 Å². The predicted octanol–water partition coefficient (Wildman–Crippen LogP) is 3.29. The van der Waals surface area contributed by atoms with Crippen LogP contribution in [0.25, 0.3) is 0 Å². The monoisotopic (exact) mass is 346 g/mol. The van der Waals surface area contributed by atoms with E-state index in [9.17, 15) is 9.90 Å². The number of rotatable bonds is 4. The molecule has 25 heavy (non-hydrogen) atoms. The summed E-state index contributed by atoms with van der Waals surface area (Å²) in [5.41, 5.74) is 1.12. The number of amides is 2. The van der Waals surface area contributed by atoms with Gasteiger partial charge in [0.1, 0.15) is 11.9 Å². The number of benzene rings is 1. The van der Waals surface area contributed by atoms with Crippen molar-refractivity contribution in [1.82, 2.24) is 10.6 Å². The molecule has 0 radical (unpaired) electrons. The number of aryl methyl sites for hydroxylation is 1. The summed E-state index contributed by atoms with van der Waals surface area (Å²) in [7, 11) is 0. The summed E-state index contributed by atoms with van der Waals surface area (Å²) in [6, 6.07) is 8.14. The number of nitrogens with one attached hydrogen (secondary N) is 2. The molecule has 2 fully saturated rings. The molecule has 2 saturated carbocycles. The molecule has 1 aromatic rings. The first kappa shape index (κ1) is 18.1. The van der Waals surface area contributed by atoms with Crippen molar-refractivity contribution < 1.29 is 14.6 Å². The molecule has 3 rings (SSSR count). The maximum Gasteiger partial charge on any atom is 0.315 e. The number of carbonyl (C=O) groups excluding carboxylic acids is 1. The molecule has 2 aliphatic carbocycles. The van der Waals surface area contributed by atoms with Gasteiger partial charge in [-0.3, -0.25) is 0 Å². The van der Waals surface area contributed by atoms with Crippen LogP contribution in [-0.2, 0) is 0 Å². The summed E-state index contributed by atoms with van der Waals surface area (Å²) in [4.78, 5) is 12.4. The van der Waals surface area contributed by atoms with E-state index in [4.69, 9.17) is 4.74 Å². The zero-order valence-electron chi connectivity index (χ0n) is 15.0. The minimum absolute atomic E-state index is 0.0220. The first-order valence-corrected chi connectivity index (χ1v) is 9.59. The van der Waals surface area contributed by atoms with E-state index in [-0.39, 0.29) is 30.3 Å². The Kier molecular flexibility index (Phi) is 6.19. The van der Waals surface area contributed by atoms with Crippen molar-refractivity contribution in [2.75, 3.05) is 0 Å². The molecule has 5 heteroatoms. The second-order valence-electron chi connectivity index (χ2n) is 7.44. The van der Waals surface area contributed by atoms with Crippen molar-refractivity contribution in [2.45, 2.75) is 82.6 Å². The number of ether oxygens (including phenoxy) is 1. The van der Waals surface area contributed by atoms with Gasteiger partial charge in [-0.05, 0) is 63.5 Å². The van der Waals surface area contributed by atoms with Crippen molar-refractivity contribution in [3.8, 4) is 5.75 Å². The van der Waals surface area contributed by atoms with Gasteiger partial charge >= 0.3 is 6.03 Å². The summed E-state index contributed by atoms with van der Waals surface area (Å²) in [5.74, 6) is 0.905. The van der Waals surface area contributed by atoms with Crippen LogP contribution in [0.4, 0.5) is 4.79 Å². The molecular weight excluding hydrogens is 316 g/mol. The van der Waals surface area contributed by atoms with Crippen LogP contribution >= 0.6 is 0 Å². The Morgan fingerprint density at radius 1 is 1.04 bits per heavy atom. The van der Waals surface area contributed by atoms with Gasteiger partial charge in [-0.25, -0.2) is 4.79 Å². The number of aliphatic hydroxyl groups is 1. The Morgan fingerprint density at radius 2 is 1.76 bits per heavy atom. The van der Waals surface area contributed by atoms with Gasteiger partial charge in [0.2, 0.25) is 0 Å². The third-order valence-corrected chi connectivity index (χ3v) is 5.42. The van der Waals surface area contributed by atoms with E-state index < -0.39 is 0 Å². The third kappa shape index (κ3) is 5.11. The fourth-order valence-corrected chi connectivity index (χ4v) is 3.87. The van der Waals surface area contributed by atoms with E-state index in [0.29, 0.717) is 0 Å². The number of aliphatic hydroxyl groups excluding tert-OH is 1. The molecule has 0 spiro atoms. The molecule has 0 saturated heterocycles. The fraction of sp³-hybridized carbons (Fsp3) is 0.650. The highest BCUT2D eigenvalue weighted by molar-refractivity contribution is 5.74. The fourth-order valence-electron chi connectivity index (χ4n) is 3.87. The highest BCUT2D eigenvalue weighted by atomic mass is 16.5. The molecule has 0 aliphatic heterocycles. The lowest BCUT2D eigenvalue weighted by atomic mass is 9.92. The van der Waals surface area contributed by atoms with Gasteiger partial charge in [0.05, 0.1) is 12.1 Å². The maximum atomic E-state index is 12.4. The molecule has 5 nitrogen and oxygen atoms in total. The molecule has 0 heterocycles. The van der Waals surface area contributed by atoms with Crippen molar-refractivity contribution >= 4 is 6.03 Å². The van der Waals surface area contributed by atoms with Gasteiger partial charge in [0, 0.05) is 6.04 Å². The minimum Gasteiger partial charge on any atom is -0.488 e. The molecule has 2 unspecified atom stereocenters. The summed E-state index contributed by atoms with van der Waals surface area (Å²) in [6.45, 7) is 2.05. The summed E-state index contributed by atoms with van der Waals surface area (Å²) in [6.07, 6.45) is 7.24. The number of para-hydroxylation sites is 1. The third-order valence-electron chi connectivity index (χ3n) is 5.42. The average Bonchev–Trinajstić information content (AvgIpc) is 2.60. The van der Waals surface area contributed by atoms with E-state index in [0.717, 1.165) is 62.7 Å². The van der Waals surface area contributed by atoms with Gasteiger partial charge in [0.15, 0.2) is 0 Å². The van der Waals surface area contributed by atoms with Gasteiger partial charge in [-0.1, -0.05) is 24.6 Å². The average molecular weight is 346 g/mol. The van der Waals surface area contributed by atoms with Gasteiger partial charge < -0.3 is 20.5 Å². The van der Waals surface area contributed by atoms with Crippen LogP contribution in [0.3, 0.4) is 0 Å². The molecule has 3 N–H and O–H groups in total.